The molecular weight excluding hydrogens is 350 g/mol. The van der Waals surface area contributed by atoms with E-state index >= 15 is 0 Å². The summed E-state index contributed by atoms with van der Waals surface area (Å²) in [6.45, 7) is 1.06. The molecule has 4 nitrogen and oxygen atoms in total. The van der Waals surface area contributed by atoms with Gasteiger partial charge in [-0.1, -0.05) is 54.6 Å². The van der Waals surface area contributed by atoms with E-state index in [1.165, 1.54) is 37.9 Å². The SMILES string of the molecule is CC(CO)(CO)NC(=O)CCCc1ccc2ccc3cccc4ccc1c2c34. The van der Waals surface area contributed by atoms with E-state index in [9.17, 15) is 15.0 Å². The molecule has 0 aliphatic carbocycles. The number of carbonyl (C=O) groups excluding carboxylic acids is 1. The van der Waals surface area contributed by atoms with Gasteiger partial charge in [-0.2, -0.15) is 0 Å². The van der Waals surface area contributed by atoms with Gasteiger partial charge in [-0.25, -0.2) is 0 Å². The Morgan fingerprint density at radius 1 is 0.893 bits per heavy atom. The predicted octanol–water partition coefficient (Wildman–Crippen LogP) is 3.77. The second-order valence-electron chi connectivity index (χ2n) is 7.86. The molecule has 0 heterocycles. The normalized spacial score (nSPS) is 12.2. The third kappa shape index (κ3) is 3.30. The van der Waals surface area contributed by atoms with Crippen molar-refractivity contribution < 1.29 is 15.0 Å². The van der Waals surface area contributed by atoms with Crippen LogP contribution in [0.25, 0.3) is 32.3 Å². The van der Waals surface area contributed by atoms with E-state index in [2.05, 4.69) is 59.9 Å². The van der Waals surface area contributed by atoms with E-state index in [4.69, 9.17) is 0 Å². The number of aliphatic hydroxyl groups is 2. The molecule has 0 atom stereocenters. The number of nitrogens with one attached hydrogen (secondary N) is 1. The van der Waals surface area contributed by atoms with Crippen molar-refractivity contribution in [1.29, 1.82) is 0 Å². The highest BCUT2D eigenvalue weighted by Crippen LogP contribution is 2.36. The van der Waals surface area contributed by atoms with Crippen LogP contribution in [0.1, 0.15) is 25.3 Å². The summed E-state index contributed by atoms with van der Waals surface area (Å²) >= 11 is 0. The molecule has 28 heavy (non-hydrogen) atoms. The predicted molar refractivity (Wildman–Crippen MR) is 114 cm³/mol. The molecule has 0 aromatic heterocycles. The summed E-state index contributed by atoms with van der Waals surface area (Å²) in [6, 6.07) is 19.4. The minimum absolute atomic E-state index is 0.150. The summed E-state index contributed by atoms with van der Waals surface area (Å²) in [5.41, 5.74) is 0.273. The van der Waals surface area contributed by atoms with Crippen molar-refractivity contribution in [3.05, 3.63) is 60.2 Å². The summed E-state index contributed by atoms with van der Waals surface area (Å²) in [7, 11) is 0. The number of amides is 1. The van der Waals surface area contributed by atoms with Crippen LogP contribution >= 0.6 is 0 Å². The Kier molecular flexibility index (Phi) is 4.92. The molecule has 4 aromatic rings. The van der Waals surface area contributed by atoms with Crippen LogP contribution in [0, 0.1) is 0 Å². The van der Waals surface area contributed by atoms with E-state index in [1.54, 1.807) is 6.92 Å². The van der Waals surface area contributed by atoms with Crippen molar-refractivity contribution in [2.24, 2.45) is 0 Å². The van der Waals surface area contributed by atoms with Crippen molar-refractivity contribution >= 4 is 38.2 Å². The number of aliphatic hydroxyl groups excluding tert-OH is 2. The van der Waals surface area contributed by atoms with Gasteiger partial charge in [-0.15, -0.1) is 0 Å². The lowest BCUT2D eigenvalue weighted by Crippen LogP contribution is -2.51. The zero-order chi connectivity index (χ0) is 19.7. The van der Waals surface area contributed by atoms with Gasteiger partial charge in [0.1, 0.15) is 0 Å². The van der Waals surface area contributed by atoms with E-state index in [-0.39, 0.29) is 19.1 Å². The number of rotatable bonds is 7. The number of carbonyl (C=O) groups is 1. The summed E-state index contributed by atoms with van der Waals surface area (Å²) < 4.78 is 0. The molecular formula is C24H25NO3. The van der Waals surface area contributed by atoms with Gasteiger partial charge >= 0.3 is 0 Å². The van der Waals surface area contributed by atoms with Crippen LogP contribution in [0.3, 0.4) is 0 Å². The van der Waals surface area contributed by atoms with Gasteiger partial charge in [-0.05, 0) is 57.6 Å². The topological polar surface area (TPSA) is 69.6 Å². The maximum Gasteiger partial charge on any atom is 0.220 e. The number of benzene rings is 4. The molecule has 3 N–H and O–H groups in total. The van der Waals surface area contributed by atoms with Crippen molar-refractivity contribution in [2.45, 2.75) is 31.7 Å². The first-order chi connectivity index (χ1) is 13.5. The Morgan fingerprint density at radius 2 is 1.50 bits per heavy atom. The van der Waals surface area contributed by atoms with Crippen LogP contribution in [0.4, 0.5) is 0 Å². The molecule has 4 aromatic carbocycles. The van der Waals surface area contributed by atoms with Gasteiger partial charge in [0.15, 0.2) is 0 Å². The fourth-order valence-electron chi connectivity index (χ4n) is 3.98. The van der Waals surface area contributed by atoms with E-state index in [0.717, 1.165) is 6.42 Å². The zero-order valence-corrected chi connectivity index (χ0v) is 16.0. The zero-order valence-electron chi connectivity index (χ0n) is 16.0. The van der Waals surface area contributed by atoms with E-state index in [1.807, 2.05) is 0 Å². The molecule has 0 bridgehead atoms. The molecule has 4 rings (SSSR count). The summed E-state index contributed by atoms with van der Waals surface area (Å²) in [4.78, 5) is 12.2. The Hall–Kier alpha value is -2.69. The molecule has 0 fully saturated rings. The average Bonchev–Trinajstić information content (AvgIpc) is 2.72. The summed E-state index contributed by atoms with van der Waals surface area (Å²) in [6.07, 6.45) is 1.87. The molecule has 4 heteroatoms. The highest BCUT2D eigenvalue weighted by atomic mass is 16.3. The van der Waals surface area contributed by atoms with Crippen molar-refractivity contribution in [2.75, 3.05) is 13.2 Å². The van der Waals surface area contributed by atoms with Crippen molar-refractivity contribution in [3.63, 3.8) is 0 Å². The van der Waals surface area contributed by atoms with Crippen molar-refractivity contribution in [3.8, 4) is 0 Å². The van der Waals surface area contributed by atoms with Crippen LogP contribution < -0.4 is 5.32 Å². The first-order valence-electron chi connectivity index (χ1n) is 9.73. The minimum Gasteiger partial charge on any atom is -0.394 e. The van der Waals surface area contributed by atoms with Gasteiger partial charge in [-0.3, -0.25) is 4.79 Å². The quantitative estimate of drug-likeness (QED) is 0.431. The summed E-state index contributed by atoms with van der Waals surface area (Å²) in [5.74, 6) is -0.150. The van der Waals surface area contributed by atoms with Crippen LogP contribution in [0.2, 0.25) is 0 Å². The maximum absolute atomic E-state index is 12.2. The lowest BCUT2D eigenvalue weighted by atomic mass is 9.90. The molecule has 0 aliphatic heterocycles. The second kappa shape index (κ2) is 7.38. The van der Waals surface area contributed by atoms with Crippen LogP contribution in [-0.4, -0.2) is 34.9 Å². The highest BCUT2D eigenvalue weighted by Gasteiger charge is 2.24. The monoisotopic (exact) mass is 375 g/mol. The van der Waals surface area contributed by atoms with Crippen LogP contribution in [0.5, 0.6) is 0 Å². The highest BCUT2D eigenvalue weighted by molar-refractivity contribution is 6.23. The largest absolute Gasteiger partial charge is 0.394 e. The minimum atomic E-state index is -0.968. The Labute approximate surface area is 164 Å². The Balaban J connectivity index is 1.57. The van der Waals surface area contributed by atoms with E-state index < -0.39 is 5.54 Å². The third-order valence-electron chi connectivity index (χ3n) is 5.61. The van der Waals surface area contributed by atoms with Crippen LogP contribution in [0.15, 0.2) is 54.6 Å². The van der Waals surface area contributed by atoms with Gasteiger partial charge in [0, 0.05) is 6.42 Å². The molecule has 0 aliphatic rings. The smallest absolute Gasteiger partial charge is 0.220 e. The number of hydrogen-bond donors (Lipinski definition) is 3. The number of aryl methyl sites for hydroxylation is 1. The fraction of sp³-hybridized carbons (Fsp3) is 0.292. The Morgan fingerprint density at radius 3 is 2.18 bits per heavy atom. The molecule has 0 saturated carbocycles. The second-order valence-corrected chi connectivity index (χ2v) is 7.86. The van der Waals surface area contributed by atoms with Crippen LogP contribution in [-0.2, 0) is 11.2 Å². The first-order valence-corrected chi connectivity index (χ1v) is 9.73. The molecule has 0 radical (unpaired) electrons. The number of hydrogen-bond acceptors (Lipinski definition) is 3. The van der Waals surface area contributed by atoms with Gasteiger partial charge in [0.05, 0.1) is 18.8 Å². The Bertz CT molecular complexity index is 1120. The first kappa shape index (κ1) is 18.7. The average molecular weight is 375 g/mol. The summed E-state index contributed by atoms with van der Waals surface area (Å²) in [5, 5.41) is 28.9. The van der Waals surface area contributed by atoms with Gasteiger partial charge < -0.3 is 15.5 Å². The molecule has 144 valence electrons. The van der Waals surface area contributed by atoms with Gasteiger partial charge in [0.2, 0.25) is 5.91 Å². The standard InChI is InChI=1S/C24H25NO3/c1-24(14-26,15-27)25-21(28)7-3-4-16-8-9-19-11-10-17-5-2-6-18-12-13-20(16)23(19)22(17)18/h2,5-6,8-13,26-27H,3-4,7,14-15H2,1H3,(H,25,28). The van der Waals surface area contributed by atoms with Crippen molar-refractivity contribution in [1.82, 2.24) is 5.32 Å². The van der Waals surface area contributed by atoms with Gasteiger partial charge in [0.25, 0.3) is 0 Å². The molecule has 0 unspecified atom stereocenters. The molecule has 0 spiro atoms. The molecule has 1 amide bonds. The maximum atomic E-state index is 12.2. The fourth-order valence-corrected chi connectivity index (χ4v) is 3.98. The molecule has 0 saturated heterocycles. The van der Waals surface area contributed by atoms with E-state index in [0.29, 0.717) is 12.8 Å². The third-order valence-corrected chi connectivity index (χ3v) is 5.61. The lowest BCUT2D eigenvalue weighted by molar-refractivity contribution is -0.124. The lowest BCUT2D eigenvalue weighted by Gasteiger charge is -2.26.